The summed E-state index contributed by atoms with van der Waals surface area (Å²) in [6, 6.07) is 4.91. The van der Waals surface area contributed by atoms with Crippen LogP contribution in [0, 0.1) is 0 Å². The molecule has 6 nitrogen and oxygen atoms in total. The van der Waals surface area contributed by atoms with Crippen molar-refractivity contribution in [3.8, 4) is 5.75 Å². The maximum Gasteiger partial charge on any atom is 0.283 e. The zero-order valence-corrected chi connectivity index (χ0v) is 15.7. The van der Waals surface area contributed by atoms with Gasteiger partial charge in [0.25, 0.3) is 5.91 Å². The first-order valence-corrected chi connectivity index (χ1v) is 9.04. The van der Waals surface area contributed by atoms with Gasteiger partial charge in [-0.25, -0.2) is 0 Å². The van der Waals surface area contributed by atoms with Crippen molar-refractivity contribution in [3.05, 3.63) is 44.2 Å². The third-order valence-electron chi connectivity index (χ3n) is 3.92. The Hall–Kier alpha value is -1.67. The summed E-state index contributed by atoms with van der Waals surface area (Å²) >= 11 is 7.49. The van der Waals surface area contributed by atoms with Crippen molar-refractivity contribution in [1.29, 1.82) is 0 Å². The number of carbonyl (C=O) groups excluding carboxylic acids is 1. The molecule has 1 amide bonds. The second kappa shape index (κ2) is 8.14. The Balaban J connectivity index is 2.04. The molecule has 0 unspecified atom stereocenters. The number of thiazole rings is 1. The van der Waals surface area contributed by atoms with Gasteiger partial charge in [-0.3, -0.25) is 4.79 Å². The molecule has 2 aromatic rings. The van der Waals surface area contributed by atoms with Gasteiger partial charge in [-0.05, 0) is 18.2 Å². The van der Waals surface area contributed by atoms with Crippen LogP contribution in [-0.2, 0) is 29.0 Å². The molecule has 0 saturated heterocycles. The number of halogens is 1. The summed E-state index contributed by atoms with van der Waals surface area (Å²) in [4.78, 5) is 18.8. The van der Waals surface area contributed by atoms with E-state index >= 15 is 0 Å². The van der Waals surface area contributed by atoms with E-state index in [-0.39, 0.29) is 5.91 Å². The van der Waals surface area contributed by atoms with Gasteiger partial charge in [-0.15, -0.1) is 0 Å². The van der Waals surface area contributed by atoms with E-state index in [1.54, 1.807) is 25.3 Å². The average Bonchev–Trinajstić information content (AvgIpc) is 2.96. The van der Waals surface area contributed by atoms with Crippen molar-refractivity contribution in [2.24, 2.45) is 4.99 Å². The monoisotopic (exact) mass is 382 g/mol. The van der Waals surface area contributed by atoms with E-state index in [1.807, 2.05) is 4.57 Å². The summed E-state index contributed by atoms with van der Waals surface area (Å²) in [5, 5.41) is 0.463. The lowest BCUT2D eigenvalue weighted by molar-refractivity contribution is 0.0994. The lowest BCUT2D eigenvalue weighted by atomic mass is 10.2. The third-order valence-corrected chi connectivity index (χ3v) is 5.25. The van der Waals surface area contributed by atoms with Crippen molar-refractivity contribution in [1.82, 2.24) is 4.57 Å². The Morgan fingerprint density at radius 1 is 1.44 bits per heavy atom. The van der Waals surface area contributed by atoms with Gasteiger partial charge >= 0.3 is 0 Å². The van der Waals surface area contributed by atoms with E-state index in [1.165, 1.54) is 18.4 Å². The van der Waals surface area contributed by atoms with Crippen LogP contribution >= 0.6 is 22.9 Å². The lowest BCUT2D eigenvalue weighted by Crippen LogP contribution is -2.23. The van der Waals surface area contributed by atoms with E-state index in [9.17, 15) is 4.79 Å². The summed E-state index contributed by atoms with van der Waals surface area (Å²) < 4.78 is 18.0. The molecule has 0 radical (unpaired) electrons. The minimum atomic E-state index is -0.384. The molecular formula is C17H19ClN2O4S. The second-order valence-corrected chi connectivity index (χ2v) is 6.96. The predicted molar refractivity (Wildman–Crippen MR) is 95.4 cm³/mol. The fraction of sp³-hybridized carbons (Fsp3) is 0.412. The highest BCUT2D eigenvalue weighted by Crippen LogP contribution is 2.24. The van der Waals surface area contributed by atoms with Crippen molar-refractivity contribution >= 4 is 28.8 Å². The summed E-state index contributed by atoms with van der Waals surface area (Å²) in [5.74, 6) is 0.0660. The average molecular weight is 383 g/mol. The molecule has 0 saturated carbocycles. The fourth-order valence-electron chi connectivity index (χ4n) is 2.70. The third kappa shape index (κ3) is 3.95. The largest absolute Gasteiger partial charge is 0.496 e. The summed E-state index contributed by atoms with van der Waals surface area (Å²) in [6.45, 7) is 2.41. The number of amides is 1. The molecule has 1 aromatic carbocycles. The van der Waals surface area contributed by atoms with E-state index in [2.05, 4.69) is 4.99 Å². The molecule has 0 N–H and O–H groups in total. The highest BCUT2D eigenvalue weighted by Gasteiger charge is 2.19. The topological polar surface area (TPSA) is 62.1 Å². The number of benzene rings is 1. The Bertz CT molecular complexity index is 844. The number of fused-ring (bicyclic) bond motifs is 1. The maximum atomic E-state index is 12.7. The van der Waals surface area contributed by atoms with Gasteiger partial charge in [0.15, 0.2) is 4.80 Å². The Morgan fingerprint density at radius 3 is 3.04 bits per heavy atom. The summed E-state index contributed by atoms with van der Waals surface area (Å²) in [5.41, 5.74) is 1.51. The Labute approximate surface area is 154 Å². The van der Waals surface area contributed by atoms with Crippen LogP contribution in [0.5, 0.6) is 5.75 Å². The van der Waals surface area contributed by atoms with E-state index in [0.29, 0.717) is 47.5 Å². The predicted octanol–water partition coefficient (Wildman–Crippen LogP) is 2.67. The van der Waals surface area contributed by atoms with Gasteiger partial charge in [-0.1, -0.05) is 22.9 Å². The van der Waals surface area contributed by atoms with Crippen molar-refractivity contribution in [2.45, 2.75) is 19.6 Å². The highest BCUT2D eigenvalue weighted by molar-refractivity contribution is 7.09. The van der Waals surface area contributed by atoms with Crippen LogP contribution in [0.1, 0.15) is 20.9 Å². The molecule has 1 aliphatic heterocycles. The number of aromatic nitrogens is 1. The zero-order chi connectivity index (χ0) is 17.8. The van der Waals surface area contributed by atoms with E-state index in [0.717, 1.165) is 17.0 Å². The number of hydrogen-bond donors (Lipinski definition) is 0. The van der Waals surface area contributed by atoms with Crippen LogP contribution in [0.4, 0.5) is 0 Å². The maximum absolute atomic E-state index is 12.7. The van der Waals surface area contributed by atoms with E-state index < -0.39 is 0 Å². The van der Waals surface area contributed by atoms with Crippen molar-refractivity contribution in [2.75, 3.05) is 27.4 Å². The molecule has 8 heteroatoms. The molecule has 0 atom stereocenters. The minimum Gasteiger partial charge on any atom is -0.496 e. The van der Waals surface area contributed by atoms with Gasteiger partial charge in [0.2, 0.25) is 0 Å². The lowest BCUT2D eigenvalue weighted by Gasteiger charge is -2.14. The summed E-state index contributed by atoms with van der Waals surface area (Å²) in [6.07, 6.45) is 0.805. The normalized spacial score (nSPS) is 14.4. The molecule has 134 valence electrons. The molecule has 0 bridgehead atoms. The molecule has 25 heavy (non-hydrogen) atoms. The SMILES string of the molecule is COCCn1c2c(sc1=NC(=O)c1cc(Cl)ccc1OC)COCC2. The minimum absolute atomic E-state index is 0.343. The number of ether oxygens (including phenoxy) is 3. The molecule has 0 aliphatic carbocycles. The van der Waals surface area contributed by atoms with Crippen LogP contribution in [0.15, 0.2) is 23.2 Å². The van der Waals surface area contributed by atoms with Crippen LogP contribution < -0.4 is 9.54 Å². The second-order valence-electron chi connectivity index (χ2n) is 5.46. The highest BCUT2D eigenvalue weighted by atomic mass is 35.5. The quantitative estimate of drug-likeness (QED) is 0.797. The van der Waals surface area contributed by atoms with E-state index in [4.69, 9.17) is 25.8 Å². The molecule has 1 aliphatic rings. The van der Waals surface area contributed by atoms with Crippen molar-refractivity contribution in [3.63, 3.8) is 0 Å². The number of nitrogens with zero attached hydrogens (tertiary/aromatic N) is 2. The molecule has 2 heterocycles. The number of carbonyl (C=O) groups is 1. The molecule has 0 spiro atoms. The Morgan fingerprint density at radius 2 is 2.28 bits per heavy atom. The molecule has 1 aromatic heterocycles. The van der Waals surface area contributed by atoms with Gasteiger partial charge < -0.3 is 18.8 Å². The van der Waals surface area contributed by atoms with Crippen LogP contribution in [0.2, 0.25) is 5.02 Å². The first-order valence-electron chi connectivity index (χ1n) is 7.84. The first kappa shape index (κ1) is 18.1. The zero-order valence-electron chi connectivity index (χ0n) is 14.1. The van der Waals surface area contributed by atoms with Crippen LogP contribution in [0.3, 0.4) is 0 Å². The van der Waals surface area contributed by atoms with Gasteiger partial charge in [0, 0.05) is 30.8 Å². The fourth-order valence-corrected chi connectivity index (χ4v) is 4.01. The van der Waals surface area contributed by atoms with Gasteiger partial charge in [-0.2, -0.15) is 4.99 Å². The smallest absolute Gasteiger partial charge is 0.283 e. The Kier molecular flexibility index (Phi) is 5.90. The van der Waals surface area contributed by atoms with Crippen LogP contribution in [-0.4, -0.2) is 37.9 Å². The van der Waals surface area contributed by atoms with Gasteiger partial charge in [0.05, 0.1) is 37.4 Å². The number of rotatable bonds is 5. The van der Waals surface area contributed by atoms with Gasteiger partial charge in [0.1, 0.15) is 5.75 Å². The molecular weight excluding hydrogens is 364 g/mol. The van der Waals surface area contributed by atoms with Crippen LogP contribution in [0.25, 0.3) is 0 Å². The standard InChI is InChI=1S/C17H19ClN2O4S/c1-22-8-6-20-13-5-7-24-10-15(13)25-17(20)19-16(21)12-9-11(18)3-4-14(12)23-2/h3-4,9H,5-8,10H2,1-2H3. The molecule has 3 rings (SSSR count). The number of methoxy groups -OCH3 is 2. The molecule has 0 fully saturated rings. The number of hydrogen-bond acceptors (Lipinski definition) is 5. The summed E-state index contributed by atoms with van der Waals surface area (Å²) in [7, 11) is 3.17. The first-order chi connectivity index (χ1) is 12.1. The van der Waals surface area contributed by atoms with Crippen molar-refractivity contribution < 1.29 is 19.0 Å².